The van der Waals surface area contributed by atoms with Crippen LogP contribution >= 0.6 is 0 Å². The van der Waals surface area contributed by atoms with E-state index in [2.05, 4.69) is 46.7 Å². The number of hydrogen-bond donors (Lipinski definition) is 3. The highest BCUT2D eigenvalue weighted by Crippen LogP contribution is 2.19. The van der Waals surface area contributed by atoms with Crippen LogP contribution in [0.4, 0.5) is 17.1 Å². The van der Waals surface area contributed by atoms with Gasteiger partial charge in [-0.15, -0.1) is 0 Å². The number of nitrogens with zero attached hydrogens (tertiary/aromatic N) is 1. The van der Waals surface area contributed by atoms with Crippen LogP contribution in [0.2, 0.25) is 0 Å². The van der Waals surface area contributed by atoms with E-state index in [9.17, 15) is 4.79 Å². The van der Waals surface area contributed by atoms with Crippen LogP contribution in [-0.2, 0) is 4.79 Å². The molecule has 3 N–H and O–H groups in total. The second kappa shape index (κ2) is 8.91. The van der Waals surface area contributed by atoms with Crippen LogP contribution in [0.3, 0.4) is 0 Å². The predicted octanol–water partition coefficient (Wildman–Crippen LogP) is 2.16. The van der Waals surface area contributed by atoms with E-state index in [4.69, 9.17) is 0 Å². The third kappa shape index (κ3) is 5.23. The molecular weight excluding hydrogens is 336 g/mol. The summed E-state index contributed by atoms with van der Waals surface area (Å²) in [4.78, 5) is 16.5. The lowest BCUT2D eigenvalue weighted by Crippen LogP contribution is -3.14. The van der Waals surface area contributed by atoms with Gasteiger partial charge in [0.15, 0.2) is 0 Å². The summed E-state index contributed by atoms with van der Waals surface area (Å²) in [5, 5.41) is 6.23. The number of quaternary nitrogens is 1. The van der Waals surface area contributed by atoms with Gasteiger partial charge >= 0.3 is 0 Å². The third-order valence-corrected chi connectivity index (χ3v) is 5.30. The Bertz CT molecular complexity index is 734. The van der Waals surface area contributed by atoms with Crippen molar-refractivity contribution < 1.29 is 9.69 Å². The molecule has 0 radical (unpaired) electrons. The van der Waals surface area contributed by atoms with Crippen molar-refractivity contribution in [2.45, 2.75) is 26.8 Å². The maximum Gasteiger partial charge on any atom is 0.246 e. The third-order valence-electron chi connectivity index (χ3n) is 5.30. The summed E-state index contributed by atoms with van der Waals surface area (Å²) in [7, 11) is 0. The number of piperazine rings is 1. The van der Waals surface area contributed by atoms with E-state index < -0.39 is 0 Å². The van der Waals surface area contributed by atoms with Gasteiger partial charge in [0.25, 0.3) is 0 Å². The van der Waals surface area contributed by atoms with Crippen LogP contribution in [0, 0.1) is 6.92 Å². The number of carbonyl (C=O) groups is 1. The number of carbonyl (C=O) groups excluding carboxylic acids is 1. The van der Waals surface area contributed by atoms with Crippen molar-refractivity contribution in [1.29, 1.82) is 0 Å². The second-order valence-electron chi connectivity index (χ2n) is 7.36. The molecule has 0 saturated carbocycles. The van der Waals surface area contributed by atoms with E-state index >= 15 is 0 Å². The lowest BCUT2D eigenvalue weighted by molar-refractivity contribution is -0.898. The Kier molecular flexibility index (Phi) is 6.35. The van der Waals surface area contributed by atoms with Gasteiger partial charge in [-0.2, -0.15) is 0 Å². The molecule has 5 nitrogen and oxygen atoms in total. The summed E-state index contributed by atoms with van der Waals surface area (Å²) < 4.78 is 0. The molecule has 1 amide bonds. The van der Waals surface area contributed by atoms with Crippen LogP contribution in [0.1, 0.15) is 19.4 Å². The zero-order chi connectivity index (χ0) is 19.2. The summed E-state index contributed by atoms with van der Waals surface area (Å²) in [6.07, 6.45) is 0. The quantitative estimate of drug-likeness (QED) is 0.733. The van der Waals surface area contributed by atoms with Crippen molar-refractivity contribution in [1.82, 2.24) is 0 Å². The molecule has 1 aliphatic rings. The highest BCUT2D eigenvalue weighted by molar-refractivity contribution is 5.96. The van der Waals surface area contributed by atoms with Crippen molar-refractivity contribution in [3.8, 4) is 0 Å². The first-order chi connectivity index (χ1) is 13.0. The zero-order valence-corrected chi connectivity index (χ0v) is 16.6. The average Bonchev–Trinajstić information content (AvgIpc) is 2.70. The van der Waals surface area contributed by atoms with Crippen molar-refractivity contribution in [3.05, 3.63) is 54.1 Å². The fourth-order valence-corrected chi connectivity index (χ4v) is 3.41. The Morgan fingerprint density at radius 3 is 2.22 bits per heavy atom. The van der Waals surface area contributed by atoms with Gasteiger partial charge in [0.05, 0.1) is 32.7 Å². The van der Waals surface area contributed by atoms with E-state index in [1.807, 2.05) is 38.1 Å². The summed E-state index contributed by atoms with van der Waals surface area (Å²) in [5.41, 5.74) is 4.22. The number of nitrogens with one attached hydrogen (secondary N) is 3. The molecule has 144 valence electrons. The van der Waals surface area contributed by atoms with Gasteiger partial charge in [0.1, 0.15) is 6.04 Å². The topological polar surface area (TPSA) is 48.8 Å². The van der Waals surface area contributed by atoms with Crippen molar-refractivity contribution in [3.63, 3.8) is 0 Å². The summed E-state index contributed by atoms with van der Waals surface area (Å²) >= 11 is 0. The number of rotatable bonds is 6. The second-order valence-corrected chi connectivity index (χ2v) is 7.36. The van der Waals surface area contributed by atoms with Gasteiger partial charge in [-0.3, -0.25) is 4.79 Å². The highest BCUT2D eigenvalue weighted by atomic mass is 16.2. The molecule has 0 spiro atoms. The van der Waals surface area contributed by atoms with Crippen LogP contribution in [-0.4, -0.2) is 44.7 Å². The first-order valence-corrected chi connectivity index (χ1v) is 9.88. The molecule has 1 aliphatic heterocycles. The summed E-state index contributed by atoms with van der Waals surface area (Å²) in [6, 6.07) is 15.9. The molecule has 1 fully saturated rings. The molecule has 3 rings (SSSR count). The van der Waals surface area contributed by atoms with Crippen molar-refractivity contribution in [2.75, 3.05) is 48.3 Å². The number of benzene rings is 2. The largest absolute Gasteiger partial charge is 0.374 e. The molecule has 1 heterocycles. The van der Waals surface area contributed by atoms with Crippen LogP contribution in [0.15, 0.2) is 48.5 Å². The number of likely N-dealkylation sites (N-methyl/N-ethyl adjacent to an activating group) is 1. The number of aryl methyl sites for hydroxylation is 1. The minimum Gasteiger partial charge on any atom is -0.374 e. The fraction of sp³-hybridized carbons (Fsp3) is 0.409. The van der Waals surface area contributed by atoms with Gasteiger partial charge in [-0.05, 0) is 57.2 Å². The van der Waals surface area contributed by atoms with Crippen LogP contribution in [0.5, 0.6) is 0 Å². The Balaban J connectivity index is 1.52. The SMILES string of the molecule is CC[NH+]1CCN(c2ccc(N[C@@H](C)C(=O)Nc3ccc(C)cc3)cc2)CC1. The van der Waals surface area contributed by atoms with Crippen LogP contribution in [0.25, 0.3) is 0 Å². The molecule has 1 saturated heterocycles. The first-order valence-electron chi connectivity index (χ1n) is 9.88. The molecule has 0 unspecified atom stereocenters. The normalized spacial score (nSPS) is 16.0. The molecule has 0 bridgehead atoms. The van der Waals surface area contributed by atoms with Gasteiger partial charge in [0.2, 0.25) is 5.91 Å². The molecule has 5 heteroatoms. The van der Waals surface area contributed by atoms with Gasteiger partial charge < -0.3 is 20.4 Å². The minimum absolute atomic E-state index is 0.0402. The Labute approximate surface area is 162 Å². The molecule has 1 atom stereocenters. The zero-order valence-electron chi connectivity index (χ0n) is 16.6. The monoisotopic (exact) mass is 367 g/mol. The summed E-state index contributed by atoms with van der Waals surface area (Å²) in [6.45, 7) is 12.0. The number of anilines is 3. The molecule has 2 aromatic carbocycles. The Hall–Kier alpha value is -2.53. The minimum atomic E-state index is -0.311. The number of amides is 1. The first kappa shape index (κ1) is 19.2. The average molecular weight is 368 g/mol. The molecular formula is C22H31N4O+. The van der Waals surface area contributed by atoms with E-state index in [-0.39, 0.29) is 11.9 Å². The van der Waals surface area contributed by atoms with E-state index in [1.165, 1.54) is 30.9 Å². The Morgan fingerprint density at radius 1 is 1.04 bits per heavy atom. The lowest BCUT2D eigenvalue weighted by atomic mass is 10.2. The lowest BCUT2D eigenvalue weighted by Gasteiger charge is -2.33. The van der Waals surface area contributed by atoms with Gasteiger partial charge in [-0.25, -0.2) is 0 Å². The highest BCUT2D eigenvalue weighted by Gasteiger charge is 2.19. The van der Waals surface area contributed by atoms with Crippen molar-refractivity contribution in [2.24, 2.45) is 0 Å². The smallest absolute Gasteiger partial charge is 0.246 e. The molecule has 27 heavy (non-hydrogen) atoms. The summed E-state index contributed by atoms with van der Waals surface area (Å²) in [5.74, 6) is -0.0402. The molecule has 0 aromatic heterocycles. The van der Waals surface area contributed by atoms with Crippen LogP contribution < -0.4 is 20.4 Å². The van der Waals surface area contributed by atoms with E-state index in [0.717, 1.165) is 24.5 Å². The Morgan fingerprint density at radius 2 is 1.63 bits per heavy atom. The van der Waals surface area contributed by atoms with Gasteiger partial charge in [-0.1, -0.05) is 17.7 Å². The number of hydrogen-bond acceptors (Lipinski definition) is 3. The standard InChI is InChI=1S/C22H30N4O/c1-4-25-13-15-26(16-14-25)21-11-9-19(10-12-21)23-18(3)22(27)24-20-7-5-17(2)6-8-20/h5-12,18,23H,4,13-16H2,1-3H3,(H,24,27)/p+1/t18-/m0/s1. The van der Waals surface area contributed by atoms with E-state index in [1.54, 1.807) is 4.90 Å². The maximum atomic E-state index is 12.4. The van der Waals surface area contributed by atoms with E-state index in [0.29, 0.717) is 0 Å². The maximum absolute atomic E-state index is 12.4. The molecule has 2 aromatic rings. The van der Waals surface area contributed by atoms with Gasteiger partial charge in [0, 0.05) is 17.1 Å². The van der Waals surface area contributed by atoms with Crippen molar-refractivity contribution >= 4 is 23.0 Å². The molecule has 0 aliphatic carbocycles. The predicted molar refractivity (Wildman–Crippen MR) is 113 cm³/mol. The fourth-order valence-electron chi connectivity index (χ4n) is 3.41.